The smallest absolute Gasteiger partial charge is 0.324 e. The molecule has 7 heteroatoms. The number of benzene rings is 1. The van der Waals surface area contributed by atoms with Gasteiger partial charge in [0.15, 0.2) is 0 Å². The maximum atomic E-state index is 12.3. The average Bonchev–Trinajstić information content (AvgIpc) is 2.67. The van der Waals surface area contributed by atoms with E-state index < -0.39 is 0 Å². The second-order valence-electron chi connectivity index (χ2n) is 5.37. The molecule has 2 heterocycles. The molecule has 6 nitrogen and oxygen atoms in total. The molecule has 3 rings (SSSR count). The maximum absolute atomic E-state index is 12.3. The third-order valence-electron chi connectivity index (χ3n) is 3.70. The van der Waals surface area contributed by atoms with Crippen molar-refractivity contribution in [3.05, 3.63) is 45.0 Å². The molecule has 1 aliphatic rings. The molecular weight excluding hydrogens is 348 g/mol. The SMILES string of the molecule is O=C(Cn1nc2n(c1=O)CCCCC2)Nc1ccc(Br)cc1. The predicted molar refractivity (Wildman–Crippen MR) is 86.8 cm³/mol. The lowest BCUT2D eigenvalue weighted by atomic mass is 10.2. The topological polar surface area (TPSA) is 68.9 Å². The van der Waals surface area contributed by atoms with Gasteiger partial charge in [0.1, 0.15) is 12.4 Å². The minimum absolute atomic E-state index is 0.0606. The molecular formula is C15H17BrN4O2. The molecule has 0 fully saturated rings. The highest BCUT2D eigenvalue weighted by atomic mass is 79.9. The van der Waals surface area contributed by atoms with Crippen molar-refractivity contribution < 1.29 is 4.79 Å². The lowest BCUT2D eigenvalue weighted by Gasteiger charge is -2.04. The number of carbonyl (C=O) groups excluding carboxylic acids is 1. The van der Waals surface area contributed by atoms with Crippen LogP contribution in [0.1, 0.15) is 25.1 Å². The summed E-state index contributed by atoms with van der Waals surface area (Å²) in [7, 11) is 0. The maximum Gasteiger partial charge on any atom is 0.346 e. The van der Waals surface area contributed by atoms with Crippen LogP contribution in [-0.4, -0.2) is 20.3 Å². The molecule has 0 bridgehead atoms. The number of hydrogen-bond acceptors (Lipinski definition) is 3. The summed E-state index contributed by atoms with van der Waals surface area (Å²) in [6.07, 6.45) is 3.95. The second kappa shape index (κ2) is 6.48. The molecule has 22 heavy (non-hydrogen) atoms. The van der Waals surface area contributed by atoms with Crippen LogP contribution in [0, 0.1) is 0 Å². The first-order valence-corrected chi connectivity index (χ1v) is 8.15. The molecule has 0 saturated carbocycles. The number of nitrogens with one attached hydrogen (secondary N) is 1. The summed E-state index contributed by atoms with van der Waals surface area (Å²) >= 11 is 3.34. The minimum Gasteiger partial charge on any atom is -0.324 e. The Labute approximate surface area is 136 Å². The van der Waals surface area contributed by atoms with Crippen molar-refractivity contribution in [2.45, 2.75) is 38.8 Å². The van der Waals surface area contributed by atoms with Gasteiger partial charge < -0.3 is 5.32 Å². The number of rotatable bonds is 3. The Morgan fingerprint density at radius 2 is 2.00 bits per heavy atom. The lowest BCUT2D eigenvalue weighted by Crippen LogP contribution is -2.30. The third kappa shape index (κ3) is 3.30. The first-order chi connectivity index (χ1) is 10.6. The van der Waals surface area contributed by atoms with E-state index in [2.05, 4.69) is 26.3 Å². The largest absolute Gasteiger partial charge is 0.346 e. The number of aryl methyl sites for hydroxylation is 1. The molecule has 0 radical (unpaired) electrons. The van der Waals surface area contributed by atoms with Gasteiger partial charge in [0.25, 0.3) is 0 Å². The Morgan fingerprint density at radius 3 is 2.77 bits per heavy atom. The summed E-state index contributed by atoms with van der Waals surface area (Å²) in [5.74, 6) is 0.539. The van der Waals surface area contributed by atoms with Gasteiger partial charge >= 0.3 is 5.69 Å². The predicted octanol–water partition coefficient (Wildman–Crippen LogP) is 2.17. The molecule has 0 saturated heterocycles. The van der Waals surface area contributed by atoms with Crippen molar-refractivity contribution in [3.8, 4) is 0 Å². The van der Waals surface area contributed by atoms with E-state index in [0.717, 1.165) is 36.0 Å². The zero-order valence-electron chi connectivity index (χ0n) is 12.1. The Morgan fingerprint density at radius 1 is 1.23 bits per heavy atom. The number of hydrogen-bond donors (Lipinski definition) is 1. The van der Waals surface area contributed by atoms with Gasteiger partial charge in [-0.15, -0.1) is 0 Å². The normalized spacial score (nSPS) is 14.2. The highest BCUT2D eigenvalue weighted by molar-refractivity contribution is 9.10. The fraction of sp³-hybridized carbons (Fsp3) is 0.400. The van der Waals surface area contributed by atoms with E-state index in [1.807, 2.05) is 12.1 Å². The van der Waals surface area contributed by atoms with Crippen LogP contribution in [0.2, 0.25) is 0 Å². The molecule has 1 aromatic heterocycles. The third-order valence-corrected chi connectivity index (χ3v) is 4.23. The molecule has 1 amide bonds. The van der Waals surface area contributed by atoms with Gasteiger partial charge in [-0.3, -0.25) is 9.36 Å². The van der Waals surface area contributed by atoms with Crippen LogP contribution < -0.4 is 11.0 Å². The van der Waals surface area contributed by atoms with Crippen LogP contribution in [0.25, 0.3) is 0 Å². The molecule has 1 aliphatic heterocycles. The van der Waals surface area contributed by atoms with Gasteiger partial charge in [-0.25, -0.2) is 9.48 Å². The van der Waals surface area contributed by atoms with Crippen LogP contribution >= 0.6 is 15.9 Å². The van der Waals surface area contributed by atoms with Crippen molar-refractivity contribution in [1.82, 2.24) is 14.3 Å². The van der Waals surface area contributed by atoms with E-state index >= 15 is 0 Å². The van der Waals surface area contributed by atoms with Crippen molar-refractivity contribution in [2.24, 2.45) is 0 Å². The molecule has 116 valence electrons. The summed E-state index contributed by atoms with van der Waals surface area (Å²) in [6.45, 7) is 0.636. The Bertz CT molecular complexity index is 733. The van der Waals surface area contributed by atoms with E-state index in [4.69, 9.17) is 0 Å². The number of fused-ring (bicyclic) bond motifs is 1. The number of aromatic nitrogens is 3. The molecule has 0 unspecified atom stereocenters. The summed E-state index contributed by atoms with van der Waals surface area (Å²) in [5, 5.41) is 7.07. The van der Waals surface area contributed by atoms with Gasteiger partial charge in [0, 0.05) is 23.1 Å². The summed E-state index contributed by atoms with van der Waals surface area (Å²) < 4.78 is 3.90. The number of anilines is 1. The van der Waals surface area contributed by atoms with E-state index in [9.17, 15) is 9.59 Å². The summed E-state index contributed by atoms with van der Waals surface area (Å²) in [6, 6.07) is 7.29. The Balaban J connectivity index is 1.71. The van der Waals surface area contributed by atoms with Gasteiger partial charge in [-0.2, -0.15) is 5.10 Å². The lowest BCUT2D eigenvalue weighted by molar-refractivity contribution is -0.117. The van der Waals surface area contributed by atoms with Crippen LogP contribution in [0.4, 0.5) is 5.69 Å². The fourth-order valence-corrected chi connectivity index (χ4v) is 2.86. The molecule has 0 atom stereocenters. The van der Waals surface area contributed by atoms with Crippen molar-refractivity contribution in [2.75, 3.05) is 5.32 Å². The first kappa shape index (κ1) is 15.0. The Hall–Kier alpha value is -1.89. The fourth-order valence-electron chi connectivity index (χ4n) is 2.60. The highest BCUT2D eigenvalue weighted by Crippen LogP contribution is 2.14. The monoisotopic (exact) mass is 364 g/mol. The molecule has 1 N–H and O–H groups in total. The first-order valence-electron chi connectivity index (χ1n) is 7.35. The average molecular weight is 365 g/mol. The zero-order chi connectivity index (χ0) is 15.5. The van der Waals surface area contributed by atoms with Crippen LogP contribution in [0.3, 0.4) is 0 Å². The molecule has 1 aromatic carbocycles. The van der Waals surface area contributed by atoms with E-state index in [0.29, 0.717) is 12.2 Å². The highest BCUT2D eigenvalue weighted by Gasteiger charge is 2.17. The zero-order valence-corrected chi connectivity index (χ0v) is 13.7. The number of nitrogens with zero attached hydrogens (tertiary/aromatic N) is 3. The Kier molecular flexibility index (Phi) is 4.42. The van der Waals surface area contributed by atoms with Crippen LogP contribution in [0.15, 0.2) is 33.5 Å². The van der Waals surface area contributed by atoms with Crippen molar-refractivity contribution in [1.29, 1.82) is 0 Å². The van der Waals surface area contributed by atoms with E-state index in [1.54, 1.807) is 16.7 Å². The number of amides is 1. The number of carbonyl (C=O) groups is 1. The molecule has 0 spiro atoms. The quantitative estimate of drug-likeness (QED) is 0.907. The van der Waals surface area contributed by atoms with E-state index in [1.165, 1.54) is 4.68 Å². The van der Waals surface area contributed by atoms with E-state index in [-0.39, 0.29) is 18.1 Å². The van der Waals surface area contributed by atoms with Crippen LogP contribution in [-0.2, 0) is 24.3 Å². The van der Waals surface area contributed by atoms with Gasteiger partial charge in [0.05, 0.1) is 0 Å². The van der Waals surface area contributed by atoms with Crippen molar-refractivity contribution >= 4 is 27.5 Å². The second-order valence-corrected chi connectivity index (χ2v) is 6.29. The minimum atomic E-state index is -0.252. The van der Waals surface area contributed by atoms with Gasteiger partial charge in [-0.1, -0.05) is 22.4 Å². The standard InChI is InChI=1S/C15H17BrN4O2/c16-11-5-7-12(8-6-11)17-14(21)10-20-15(22)19-9-3-1-2-4-13(19)18-20/h5-8H,1-4,9-10H2,(H,17,21). The van der Waals surface area contributed by atoms with Gasteiger partial charge in [-0.05, 0) is 37.1 Å². The number of halogens is 1. The molecule has 2 aromatic rings. The van der Waals surface area contributed by atoms with Gasteiger partial charge in [0.2, 0.25) is 5.91 Å². The molecule has 0 aliphatic carbocycles. The van der Waals surface area contributed by atoms with Crippen LogP contribution in [0.5, 0.6) is 0 Å². The van der Waals surface area contributed by atoms with Crippen molar-refractivity contribution in [3.63, 3.8) is 0 Å². The summed E-state index contributed by atoms with van der Waals surface area (Å²) in [4.78, 5) is 24.3. The summed E-state index contributed by atoms with van der Waals surface area (Å²) in [5.41, 5.74) is 0.505.